The molecular formula is C16H17N3O2. The van der Waals surface area contributed by atoms with Gasteiger partial charge in [0.25, 0.3) is 5.56 Å². The number of aryl methyl sites for hydroxylation is 1. The second-order valence-corrected chi connectivity index (χ2v) is 5.92. The predicted molar refractivity (Wildman–Crippen MR) is 80.7 cm³/mol. The molecule has 2 aromatic heterocycles. The minimum absolute atomic E-state index is 0.0120. The monoisotopic (exact) mass is 283 g/mol. The van der Waals surface area contributed by atoms with E-state index in [0.717, 1.165) is 41.7 Å². The second kappa shape index (κ2) is 4.43. The summed E-state index contributed by atoms with van der Waals surface area (Å²) in [7, 11) is 0. The minimum Gasteiger partial charge on any atom is -0.392 e. The number of aromatic nitrogens is 3. The number of imidazole rings is 1. The maximum Gasteiger partial charge on any atom is 0.274 e. The molecule has 108 valence electrons. The molecule has 2 N–H and O–H groups in total. The first-order valence-corrected chi connectivity index (χ1v) is 7.33. The largest absolute Gasteiger partial charge is 0.392 e. The average molecular weight is 283 g/mol. The summed E-state index contributed by atoms with van der Waals surface area (Å²) in [5, 5.41) is 10.2. The van der Waals surface area contributed by atoms with E-state index in [-0.39, 0.29) is 17.6 Å². The summed E-state index contributed by atoms with van der Waals surface area (Å²) in [6.07, 6.45) is 3.97. The van der Waals surface area contributed by atoms with E-state index in [2.05, 4.69) is 9.97 Å². The predicted octanol–water partition coefficient (Wildman–Crippen LogP) is 2.11. The maximum atomic E-state index is 12.2. The standard InChI is InChI=1S/C16H17N3O2/c1-9-5-6-11-12(7-9)19-13(16(21)18-11)8-17-15(19)10-3-2-4-14(10)20/h5-8,10,14,20H,2-4H2,1H3,(H,18,21)/t10-,14-/m1/s1. The van der Waals surface area contributed by atoms with Gasteiger partial charge in [-0.3, -0.25) is 9.20 Å². The van der Waals surface area contributed by atoms with Crippen LogP contribution in [0.1, 0.15) is 36.6 Å². The molecule has 0 spiro atoms. The topological polar surface area (TPSA) is 70.4 Å². The molecular weight excluding hydrogens is 266 g/mol. The highest BCUT2D eigenvalue weighted by Crippen LogP contribution is 2.34. The smallest absolute Gasteiger partial charge is 0.274 e. The fourth-order valence-electron chi connectivity index (χ4n) is 3.40. The number of benzene rings is 1. The molecule has 0 unspecified atom stereocenters. The van der Waals surface area contributed by atoms with E-state index in [1.165, 1.54) is 0 Å². The Morgan fingerprint density at radius 1 is 1.33 bits per heavy atom. The third-order valence-corrected chi connectivity index (χ3v) is 4.48. The fourth-order valence-corrected chi connectivity index (χ4v) is 3.40. The van der Waals surface area contributed by atoms with Gasteiger partial charge in [0.2, 0.25) is 0 Å². The lowest BCUT2D eigenvalue weighted by Gasteiger charge is -2.14. The Balaban J connectivity index is 2.11. The van der Waals surface area contributed by atoms with E-state index in [1.807, 2.05) is 29.5 Å². The van der Waals surface area contributed by atoms with Gasteiger partial charge in [0.1, 0.15) is 11.3 Å². The number of hydrogen-bond acceptors (Lipinski definition) is 3. The van der Waals surface area contributed by atoms with E-state index < -0.39 is 0 Å². The highest BCUT2D eigenvalue weighted by atomic mass is 16.3. The molecule has 2 heterocycles. The summed E-state index contributed by atoms with van der Waals surface area (Å²) in [5.41, 5.74) is 3.27. The summed E-state index contributed by atoms with van der Waals surface area (Å²) in [6, 6.07) is 5.94. The number of fused-ring (bicyclic) bond motifs is 3. The Morgan fingerprint density at radius 3 is 2.95 bits per heavy atom. The summed E-state index contributed by atoms with van der Waals surface area (Å²) < 4.78 is 1.92. The van der Waals surface area contributed by atoms with Crippen LogP contribution in [-0.2, 0) is 0 Å². The van der Waals surface area contributed by atoms with Crippen molar-refractivity contribution in [2.24, 2.45) is 0 Å². The van der Waals surface area contributed by atoms with Crippen LogP contribution >= 0.6 is 0 Å². The molecule has 21 heavy (non-hydrogen) atoms. The molecule has 4 rings (SSSR count). The van der Waals surface area contributed by atoms with Gasteiger partial charge in [-0.1, -0.05) is 12.5 Å². The zero-order valence-corrected chi connectivity index (χ0v) is 11.8. The summed E-state index contributed by atoms with van der Waals surface area (Å²) in [4.78, 5) is 19.6. The Bertz CT molecular complexity index is 894. The zero-order valence-electron chi connectivity index (χ0n) is 11.8. The van der Waals surface area contributed by atoms with Gasteiger partial charge < -0.3 is 10.1 Å². The van der Waals surface area contributed by atoms with Crippen LogP contribution in [-0.4, -0.2) is 25.6 Å². The Kier molecular flexibility index (Phi) is 2.65. The van der Waals surface area contributed by atoms with E-state index >= 15 is 0 Å². The van der Waals surface area contributed by atoms with Crippen molar-refractivity contribution in [1.29, 1.82) is 0 Å². The summed E-state index contributed by atoms with van der Waals surface area (Å²) >= 11 is 0. The van der Waals surface area contributed by atoms with Gasteiger partial charge in [-0.25, -0.2) is 4.98 Å². The van der Waals surface area contributed by atoms with E-state index in [4.69, 9.17) is 0 Å². The number of aromatic amines is 1. The van der Waals surface area contributed by atoms with E-state index in [0.29, 0.717) is 5.52 Å². The number of aliphatic hydroxyl groups excluding tert-OH is 1. The van der Waals surface area contributed by atoms with E-state index in [9.17, 15) is 9.90 Å². The Morgan fingerprint density at radius 2 is 2.19 bits per heavy atom. The lowest BCUT2D eigenvalue weighted by atomic mass is 10.1. The maximum absolute atomic E-state index is 12.2. The molecule has 0 radical (unpaired) electrons. The third-order valence-electron chi connectivity index (χ3n) is 4.48. The number of aliphatic hydroxyl groups is 1. The first-order chi connectivity index (χ1) is 10.1. The molecule has 1 saturated carbocycles. The highest BCUT2D eigenvalue weighted by Gasteiger charge is 2.30. The SMILES string of the molecule is Cc1ccc2[nH]c(=O)c3cnc([C@@H]4CCC[C@H]4O)n3c2c1. The number of nitrogens with zero attached hydrogens (tertiary/aromatic N) is 2. The van der Waals surface area contributed by atoms with Gasteiger partial charge in [0, 0.05) is 5.92 Å². The molecule has 0 aliphatic heterocycles. The summed E-state index contributed by atoms with van der Waals surface area (Å²) in [6.45, 7) is 2.03. The van der Waals surface area contributed by atoms with Crippen LogP contribution in [0.3, 0.4) is 0 Å². The minimum atomic E-state index is -0.366. The molecule has 3 aromatic rings. The van der Waals surface area contributed by atoms with Gasteiger partial charge in [-0.15, -0.1) is 0 Å². The lowest BCUT2D eigenvalue weighted by molar-refractivity contribution is 0.160. The highest BCUT2D eigenvalue weighted by molar-refractivity contribution is 5.79. The van der Waals surface area contributed by atoms with Crippen molar-refractivity contribution in [2.75, 3.05) is 0 Å². The van der Waals surface area contributed by atoms with Crippen molar-refractivity contribution in [3.05, 3.63) is 46.1 Å². The molecule has 5 nitrogen and oxygen atoms in total. The molecule has 0 amide bonds. The molecule has 2 atom stereocenters. The first-order valence-electron chi connectivity index (χ1n) is 7.33. The van der Waals surface area contributed by atoms with Crippen LogP contribution in [0.4, 0.5) is 0 Å². The van der Waals surface area contributed by atoms with Crippen molar-refractivity contribution in [3.8, 4) is 0 Å². The fraction of sp³-hybridized carbons (Fsp3) is 0.375. The first kappa shape index (κ1) is 12.6. The van der Waals surface area contributed by atoms with Crippen molar-refractivity contribution in [3.63, 3.8) is 0 Å². The second-order valence-electron chi connectivity index (χ2n) is 5.92. The lowest BCUT2D eigenvalue weighted by Crippen LogP contribution is -2.17. The van der Waals surface area contributed by atoms with Crippen LogP contribution < -0.4 is 5.56 Å². The molecule has 1 aliphatic rings. The van der Waals surface area contributed by atoms with Crippen molar-refractivity contribution < 1.29 is 5.11 Å². The number of hydrogen-bond donors (Lipinski definition) is 2. The normalized spacial score (nSPS) is 22.4. The number of nitrogens with one attached hydrogen (secondary N) is 1. The van der Waals surface area contributed by atoms with Crippen LogP contribution in [0.15, 0.2) is 29.2 Å². The number of H-pyrrole nitrogens is 1. The molecule has 1 aliphatic carbocycles. The van der Waals surface area contributed by atoms with E-state index in [1.54, 1.807) is 6.20 Å². The zero-order chi connectivity index (χ0) is 14.6. The van der Waals surface area contributed by atoms with Gasteiger partial charge in [0.05, 0.1) is 23.3 Å². The summed E-state index contributed by atoms with van der Waals surface area (Å²) in [5.74, 6) is 0.815. The van der Waals surface area contributed by atoms with Crippen molar-refractivity contribution in [1.82, 2.24) is 14.4 Å². The van der Waals surface area contributed by atoms with Crippen molar-refractivity contribution >= 4 is 16.6 Å². The molecule has 0 saturated heterocycles. The van der Waals surface area contributed by atoms with Gasteiger partial charge in [-0.2, -0.15) is 0 Å². The quantitative estimate of drug-likeness (QED) is 0.718. The van der Waals surface area contributed by atoms with Crippen LogP contribution in [0.5, 0.6) is 0 Å². The molecule has 0 bridgehead atoms. The Labute approximate surface area is 121 Å². The van der Waals surface area contributed by atoms with Gasteiger partial charge >= 0.3 is 0 Å². The van der Waals surface area contributed by atoms with Crippen LogP contribution in [0, 0.1) is 6.92 Å². The Hall–Kier alpha value is -2.14. The van der Waals surface area contributed by atoms with Gasteiger partial charge in [-0.05, 0) is 37.5 Å². The molecule has 5 heteroatoms. The third kappa shape index (κ3) is 1.81. The van der Waals surface area contributed by atoms with Crippen LogP contribution in [0.2, 0.25) is 0 Å². The van der Waals surface area contributed by atoms with Crippen molar-refractivity contribution in [2.45, 2.75) is 38.2 Å². The average Bonchev–Trinajstić information content (AvgIpc) is 3.06. The molecule has 1 aromatic carbocycles. The van der Waals surface area contributed by atoms with Gasteiger partial charge in [0.15, 0.2) is 0 Å². The number of rotatable bonds is 1. The molecule has 1 fully saturated rings. The van der Waals surface area contributed by atoms with Crippen LogP contribution in [0.25, 0.3) is 16.6 Å².